The standard InChI is InChI=1S/C17H12ClFN4O/c1-9-13(4-3-5-20-9)23-14-7-11(18)12(19)6-10(14)16-15(17(23)24)21-8-22(16)2/h3-8H,1-2H3. The molecular formula is C17H12ClFN4O. The van der Waals surface area contributed by atoms with Gasteiger partial charge in [0, 0.05) is 18.6 Å². The lowest BCUT2D eigenvalue weighted by Crippen LogP contribution is -2.21. The van der Waals surface area contributed by atoms with E-state index in [0.29, 0.717) is 27.8 Å². The average Bonchev–Trinajstić information content (AvgIpc) is 2.94. The van der Waals surface area contributed by atoms with E-state index in [1.54, 1.807) is 43.2 Å². The summed E-state index contributed by atoms with van der Waals surface area (Å²) in [6, 6.07) is 6.33. The third-order valence-electron chi connectivity index (χ3n) is 4.10. The number of nitrogens with zero attached hydrogens (tertiary/aromatic N) is 4. The Kier molecular flexibility index (Phi) is 3.18. The molecule has 4 rings (SSSR count). The van der Waals surface area contributed by atoms with Gasteiger partial charge in [-0.1, -0.05) is 11.6 Å². The molecule has 0 aliphatic heterocycles. The van der Waals surface area contributed by atoms with Crippen LogP contribution in [0, 0.1) is 12.7 Å². The molecule has 4 aromatic rings. The van der Waals surface area contributed by atoms with E-state index in [1.165, 1.54) is 16.7 Å². The van der Waals surface area contributed by atoms with E-state index >= 15 is 0 Å². The molecular weight excluding hydrogens is 331 g/mol. The van der Waals surface area contributed by atoms with Crippen molar-refractivity contribution in [3.8, 4) is 5.69 Å². The Labute approximate surface area is 141 Å². The lowest BCUT2D eigenvalue weighted by atomic mass is 10.1. The number of aryl methyl sites for hydroxylation is 2. The molecule has 3 heterocycles. The maximum absolute atomic E-state index is 14.1. The fourth-order valence-electron chi connectivity index (χ4n) is 2.98. The van der Waals surface area contributed by atoms with Crippen LogP contribution in [0.1, 0.15) is 5.69 Å². The highest BCUT2D eigenvalue weighted by Gasteiger charge is 2.18. The van der Waals surface area contributed by atoms with Crippen LogP contribution < -0.4 is 5.56 Å². The first-order valence-corrected chi connectivity index (χ1v) is 7.63. The molecule has 5 nitrogen and oxygen atoms in total. The summed E-state index contributed by atoms with van der Waals surface area (Å²) in [5.74, 6) is -0.542. The lowest BCUT2D eigenvalue weighted by Gasteiger charge is -2.14. The number of fused-ring (bicyclic) bond motifs is 3. The minimum Gasteiger partial charge on any atom is -0.333 e. The smallest absolute Gasteiger partial charge is 0.283 e. The maximum atomic E-state index is 14.1. The number of hydrogen-bond acceptors (Lipinski definition) is 3. The first-order chi connectivity index (χ1) is 11.5. The van der Waals surface area contributed by atoms with Crippen LogP contribution in [-0.4, -0.2) is 19.1 Å². The summed E-state index contributed by atoms with van der Waals surface area (Å²) in [6.07, 6.45) is 3.19. The van der Waals surface area contributed by atoms with Crippen molar-refractivity contribution in [1.82, 2.24) is 19.1 Å². The zero-order chi connectivity index (χ0) is 17.0. The fourth-order valence-corrected chi connectivity index (χ4v) is 3.14. The van der Waals surface area contributed by atoms with E-state index in [9.17, 15) is 9.18 Å². The highest BCUT2D eigenvalue weighted by atomic mass is 35.5. The van der Waals surface area contributed by atoms with Crippen LogP contribution >= 0.6 is 11.6 Å². The van der Waals surface area contributed by atoms with Gasteiger partial charge in [-0.3, -0.25) is 14.3 Å². The molecule has 0 bridgehead atoms. The summed E-state index contributed by atoms with van der Waals surface area (Å²) in [5, 5.41) is 0.522. The number of hydrogen-bond donors (Lipinski definition) is 0. The Bertz CT molecular complexity index is 1180. The molecule has 7 heteroatoms. The highest BCUT2D eigenvalue weighted by molar-refractivity contribution is 6.31. The summed E-state index contributed by atoms with van der Waals surface area (Å²) in [6.45, 7) is 1.81. The van der Waals surface area contributed by atoms with E-state index in [1.807, 2.05) is 0 Å². The van der Waals surface area contributed by atoms with E-state index in [4.69, 9.17) is 11.6 Å². The molecule has 0 spiro atoms. The van der Waals surface area contributed by atoms with Gasteiger partial charge < -0.3 is 4.57 Å². The third-order valence-corrected chi connectivity index (χ3v) is 4.39. The molecule has 0 atom stereocenters. The van der Waals surface area contributed by atoms with Crippen LogP contribution in [0.25, 0.3) is 27.6 Å². The monoisotopic (exact) mass is 342 g/mol. The SMILES string of the molecule is Cc1ncccc1-n1c(=O)c2ncn(C)c2c2cc(F)c(Cl)cc21. The van der Waals surface area contributed by atoms with Gasteiger partial charge in [-0.25, -0.2) is 9.37 Å². The normalized spacial score (nSPS) is 11.5. The van der Waals surface area contributed by atoms with Gasteiger partial charge in [-0.2, -0.15) is 0 Å². The molecule has 0 saturated heterocycles. The van der Waals surface area contributed by atoms with Crippen LogP contribution in [-0.2, 0) is 7.05 Å². The van der Waals surface area contributed by atoms with Crippen LogP contribution in [0.2, 0.25) is 5.02 Å². The molecule has 0 radical (unpaired) electrons. The van der Waals surface area contributed by atoms with Crippen molar-refractivity contribution < 1.29 is 4.39 Å². The second kappa shape index (κ2) is 5.14. The van der Waals surface area contributed by atoms with E-state index in [2.05, 4.69) is 9.97 Å². The van der Waals surface area contributed by atoms with E-state index in [-0.39, 0.29) is 16.1 Å². The second-order valence-electron chi connectivity index (χ2n) is 5.58. The lowest BCUT2D eigenvalue weighted by molar-refractivity contribution is 0.630. The first kappa shape index (κ1) is 14.8. The van der Waals surface area contributed by atoms with Gasteiger partial charge in [0.05, 0.1) is 33.8 Å². The molecule has 0 N–H and O–H groups in total. The Morgan fingerprint density at radius 3 is 2.79 bits per heavy atom. The van der Waals surface area contributed by atoms with Gasteiger partial charge in [0.2, 0.25) is 0 Å². The van der Waals surface area contributed by atoms with Crippen molar-refractivity contribution in [2.45, 2.75) is 6.92 Å². The topological polar surface area (TPSA) is 52.7 Å². The largest absolute Gasteiger partial charge is 0.333 e. The van der Waals surface area contributed by atoms with Crippen molar-refractivity contribution >= 4 is 33.5 Å². The Morgan fingerprint density at radius 2 is 2.04 bits per heavy atom. The van der Waals surface area contributed by atoms with Crippen molar-refractivity contribution in [3.63, 3.8) is 0 Å². The third kappa shape index (κ3) is 1.96. The number of aromatic nitrogens is 4. The van der Waals surface area contributed by atoms with Gasteiger partial charge in [0.15, 0.2) is 5.52 Å². The average molecular weight is 343 g/mol. The van der Waals surface area contributed by atoms with Crippen molar-refractivity contribution in [1.29, 1.82) is 0 Å². The van der Waals surface area contributed by atoms with Crippen molar-refractivity contribution in [2.24, 2.45) is 7.05 Å². The second-order valence-corrected chi connectivity index (χ2v) is 5.99. The molecule has 120 valence electrons. The zero-order valence-corrected chi connectivity index (χ0v) is 13.7. The Balaban J connectivity index is 2.32. The fraction of sp³-hybridized carbons (Fsp3) is 0.118. The van der Waals surface area contributed by atoms with E-state index in [0.717, 1.165) is 0 Å². The summed E-state index contributed by atoms with van der Waals surface area (Å²) >= 11 is 5.98. The quantitative estimate of drug-likeness (QED) is 0.533. The van der Waals surface area contributed by atoms with Crippen LogP contribution in [0.15, 0.2) is 41.6 Å². The molecule has 3 aromatic heterocycles. The number of halogens is 2. The summed E-state index contributed by atoms with van der Waals surface area (Å²) < 4.78 is 17.3. The number of benzene rings is 1. The first-order valence-electron chi connectivity index (χ1n) is 7.26. The van der Waals surface area contributed by atoms with Crippen molar-refractivity contribution in [3.05, 3.63) is 63.7 Å². The maximum Gasteiger partial charge on any atom is 0.283 e. The molecule has 0 fully saturated rings. The summed E-state index contributed by atoms with van der Waals surface area (Å²) in [5.41, 5.74) is 2.35. The molecule has 24 heavy (non-hydrogen) atoms. The summed E-state index contributed by atoms with van der Waals surface area (Å²) in [4.78, 5) is 21.5. The van der Waals surface area contributed by atoms with Gasteiger partial charge in [-0.05, 0) is 31.2 Å². The summed E-state index contributed by atoms with van der Waals surface area (Å²) in [7, 11) is 1.76. The number of rotatable bonds is 1. The minimum absolute atomic E-state index is 0.0429. The molecule has 0 saturated carbocycles. The molecule has 0 unspecified atom stereocenters. The predicted molar refractivity (Wildman–Crippen MR) is 91.3 cm³/mol. The van der Waals surface area contributed by atoms with Crippen molar-refractivity contribution in [2.75, 3.05) is 0 Å². The molecule has 1 aromatic carbocycles. The molecule has 0 aliphatic rings. The van der Waals surface area contributed by atoms with Gasteiger partial charge >= 0.3 is 0 Å². The van der Waals surface area contributed by atoms with E-state index < -0.39 is 5.82 Å². The van der Waals surface area contributed by atoms with Gasteiger partial charge in [0.25, 0.3) is 5.56 Å². The minimum atomic E-state index is -0.542. The Morgan fingerprint density at radius 1 is 1.25 bits per heavy atom. The van der Waals surface area contributed by atoms with Gasteiger partial charge in [0.1, 0.15) is 5.82 Å². The van der Waals surface area contributed by atoms with Crippen LogP contribution in [0.3, 0.4) is 0 Å². The van der Waals surface area contributed by atoms with Crippen LogP contribution in [0.4, 0.5) is 4.39 Å². The Hall–Kier alpha value is -2.73. The highest BCUT2D eigenvalue weighted by Crippen LogP contribution is 2.29. The molecule has 0 amide bonds. The number of imidazole rings is 1. The predicted octanol–water partition coefficient (Wildman–Crippen LogP) is 3.37. The number of pyridine rings is 2. The van der Waals surface area contributed by atoms with Crippen LogP contribution in [0.5, 0.6) is 0 Å². The zero-order valence-electron chi connectivity index (χ0n) is 12.9. The molecule has 0 aliphatic carbocycles. The van der Waals surface area contributed by atoms with Gasteiger partial charge in [-0.15, -0.1) is 0 Å².